The van der Waals surface area contributed by atoms with Crippen LogP contribution in [0.25, 0.3) is 0 Å². The van der Waals surface area contributed by atoms with Crippen molar-refractivity contribution in [2.45, 2.75) is 29.6 Å². The van der Waals surface area contributed by atoms with Crippen LogP contribution in [0.3, 0.4) is 0 Å². The van der Waals surface area contributed by atoms with Gasteiger partial charge in [0.25, 0.3) is 0 Å². The molecule has 2 fully saturated rings. The second-order valence-electron chi connectivity index (χ2n) is 8.65. The fourth-order valence-electron chi connectivity index (χ4n) is 4.26. The van der Waals surface area contributed by atoms with Crippen molar-refractivity contribution in [2.24, 2.45) is 5.92 Å². The van der Waals surface area contributed by atoms with E-state index in [2.05, 4.69) is 0 Å². The van der Waals surface area contributed by atoms with Crippen LogP contribution in [0, 0.1) is 17.2 Å². The summed E-state index contributed by atoms with van der Waals surface area (Å²) in [6, 6.07) is 8.07. The number of carbonyl (C=O) groups is 1. The lowest BCUT2D eigenvalue weighted by molar-refractivity contribution is -0.138. The number of rotatable bonds is 4. The average molecular weight is 531 g/mol. The van der Waals surface area contributed by atoms with Gasteiger partial charge in [0.2, 0.25) is 15.9 Å². The molecule has 0 N–H and O–H groups in total. The predicted octanol–water partition coefficient (Wildman–Crippen LogP) is 4.23. The Morgan fingerprint density at radius 3 is 2.00 bits per heavy atom. The molecule has 1 heterocycles. The fraction of sp³-hybridized carbons (Fsp3) is 0.391. The number of alkyl halides is 6. The number of sulfonamides is 1. The van der Waals surface area contributed by atoms with E-state index < -0.39 is 49.9 Å². The number of halogens is 6. The molecule has 0 unspecified atom stereocenters. The lowest BCUT2D eigenvalue weighted by Crippen LogP contribution is -2.51. The molecule has 36 heavy (non-hydrogen) atoms. The first-order valence-corrected chi connectivity index (χ1v) is 12.2. The first-order chi connectivity index (χ1) is 16.7. The summed E-state index contributed by atoms with van der Waals surface area (Å²) in [6.45, 7) is -0.273. The van der Waals surface area contributed by atoms with Crippen molar-refractivity contribution in [1.82, 2.24) is 9.21 Å². The van der Waals surface area contributed by atoms with E-state index in [1.165, 1.54) is 23.1 Å². The molecule has 0 spiro atoms. The maximum absolute atomic E-state index is 13.2. The lowest BCUT2D eigenvalue weighted by atomic mass is 10.1. The van der Waals surface area contributed by atoms with Gasteiger partial charge in [0.05, 0.1) is 27.7 Å². The summed E-state index contributed by atoms with van der Waals surface area (Å²) in [5, 5.41) is 9.01. The van der Waals surface area contributed by atoms with Crippen molar-refractivity contribution in [3.8, 4) is 6.07 Å². The van der Waals surface area contributed by atoms with E-state index in [0.29, 0.717) is 24.1 Å². The maximum atomic E-state index is 13.2. The molecule has 6 nitrogen and oxygen atoms in total. The van der Waals surface area contributed by atoms with E-state index in [1.807, 2.05) is 0 Å². The number of hydrogen-bond donors (Lipinski definition) is 0. The molecule has 0 aromatic heterocycles. The van der Waals surface area contributed by atoms with Crippen molar-refractivity contribution >= 4 is 15.9 Å². The van der Waals surface area contributed by atoms with Gasteiger partial charge in [-0.1, -0.05) is 12.1 Å². The zero-order chi connectivity index (χ0) is 26.5. The molecule has 2 aromatic rings. The summed E-state index contributed by atoms with van der Waals surface area (Å²) in [5.74, 6) is -0.898. The van der Waals surface area contributed by atoms with Gasteiger partial charge in [-0.2, -0.15) is 35.9 Å². The van der Waals surface area contributed by atoms with E-state index in [-0.39, 0.29) is 38.0 Å². The number of piperazine rings is 1. The largest absolute Gasteiger partial charge is 0.416 e. The number of carbonyl (C=O) groups excluding carboxylic acids is 1. The van der Waals surface area contributed by atoms with Gasteiger partial charge in [0, 0.05) is 32.1 Å². The Morgan fingerprint density at radius 1 is 0.889 bits per heavy atom. The highest BCUT2D eigenvalue weighted by molar-refractivity contribution is 7.89. The van der Waals surface area contributed by atoms with Crippen molar-refractivity contribution < 1.29 is 39.6 Å². The molecule has 1 aliphatic carbocycles. The van der Waals surface area contributed by atoms with E-state index in [9.17, 15) is 39.6 Å². The average Bonchev–Trinajstić information content (AvgIpc) is 3.63. The molecule has 13 heteroatoms. The zero-order valence-corrected chi connectivity index (χ0v) is 19.3. The molecule has 4 rings (SSSR count). The van der Waals surface area contributed by atoms with Gasteiger partial charge in [-0.25, -0.2) is 8.42 Å². The molecule has 2 aromatic carbocycles. The number of hydrogen-bond acceptors (Lipinski definition) is 4. The minimum atomic E-state index is -4.84. The maximum Gasteiger partial charge on any atom is 0.416 e. The van der Waals surface area contributed by atoms with Crippen LogP contribution in [0.4, 0.5) is 26.3 Å². The first-order valence-electron chi connectivity index (χ1n) is 10.8. The van der Waals surface area contributed by atoms with Crippen LogP contribution in [0.5, 0.6) is 0 Å². The van der Waals surface area contributed by atoms with Crippen LogP contribution in [0.2, 0.25) is 0 Å². The minimum Gasteiger partial charge on any atom is -0.340 e. The summed E-state index contributed by atoms with van der Waals surface area (Å²) < 4.78 is 105. The van der Waals surface area contributed by atoms with Crippen LogP contribution in [0.15, 0.2) is 47.4 Å². The Kier molecular flexibility index (Phi) is 6.55. The summed E-state index contributed by atoms with van der Waals surface area (Å²) in [6.07, 6.45) is -8.83. The highest BCUT2D eigenvalue weighted by Crippen LogP contribution is 2.49. The van der Waals surface area contributed by atoms with Crippen LogP contribution >= 0.6 is 0 Å². The SMILES string of the molecule is N#Cc1cc(C(F)(F)F)cc(S(=O)(=O)N2CCN(C(=O)[C@@H]3C[C@H]3c3ccc(C(F)(F)F)cc3)CC2)c1. The van der Waals surface area contributed by atoms with Crippen molar-refractivity contribution in [1.29, 1.82) is 5.26 Å². The molecule has 1 amide bonds. The summed E-state index contributed by atoms with van der Waals surface area (Å²) in [5.41, 5.74) is -1.87. The summed E-state index contributed by atoms with van der Waals surface area (Å²) in [4.78, 5) is 13.6. The topological polar surface area (TPSA) is 81.5 Å². The van der Waals surface area contributed by atoms with Crippen molar-refractivity contribution in [3.63, 3.8) is 0 Å². The second-order valence-corrected chi connectivity index (χ2v) is 10.6. The molecular weight excluding hydrogens is 512 g/mol. The second kappa shape index (κ2) is 9.08. The molecule has 192 valence electrons. The minimum absolute atomic E-state index is 0.0123. The van der Waals surface area contributed by atoms with Gasteiger partial charge in [0.1, 0.15) is 0 Å². The number of nitrogens with zero attached hydrogens (tertiary/aromatic N) is 3. The monoisotopic (exact) mass is 531 g/mol. The van der Waals surface area contributed by atoms with Crippen LogP contribution in [-0.2, 0) is 27.2 Å². The fourth-order valence-corrected chi connectivity index (χ4v) is 5.76. The molecular formula is C23H19F6N3O3S. The van der Waals surface area contributed by atoms with Gasteiger partial charge >= 0.3 is 12.4 Å². The zero-order valence-electron chi connectivity index (χ0n) is 18.5. The third-order valence-corrected chi connectivity index (χ3v) is 8.20. The standard InChI is InChI=1S/C23H19F6N3O3S/c24-22(25,26)16-3-1-15(2-4-16)19-12-20(19)21(33)31-5-7-32(8-6-31)36(34,35)18-10-14(13-30)9-17(11-18)23(27,28)29/h1-4,9-11,19-20H,5-8,12H2/t19-,20+/m0/s1. The molecule has 1 aliphatic heterocycles. The van der Waals surface area contributed by atoms with E-state index >= 15 is 0 Å². The van der Waals surface area contributed by atoms with Gasteiger partial charge in [-0.15, -0.1) is 0 Å². The summed E-state index contributed by atoms with van der Waals surface area (Å²) in [7, 11) is -4.35. The molecule has 2 aliphatic rings. The Morgan fingerprint density at radius 2 is 1.47 bits per heavy atom. The third kappa shape index (κ3) is 5.19. The molecule has 1 saturated carbocycles. The molecule has 0 radical (unpaired) electrons. The summed E-state index contributed by atoms with van der Waals surface area (Å²) >= 11 is 0. The number of nitriles is 1. The Balaban J connectivity index is 1.40. The van der Waals surface area contributed by atoms with Gasteiger partial charge < -0.3 is 4.90 Å². The van der Waals surface area contributed by atoms with Crippen molar-refractivity contribution in [2.75, 3.05) is 26.2 Å². The normalized spacial score (nSPS) is 21.2. The van der Waals surface area contributed by atoms with Crippen LogP contribution < -0.4 is 0 Å². The molecule has 0 bridgehead atoms. The third-order valence-electron chi connectivity index (χ3n) is 6.32. The molecule has 2 atom stereocenters. The smallest absolute Gasteiger partial charge is 0.340 e. The Bertz CT molecular complexity index is 1310. The van der Waals surface area contributed by atoms with Gasteiger partial charge in [0.15, 0.2) is 0 Å². The van der Waals surface area contributed by atoms with E-state index in [1.54, 1.807) is 0 Å². The van der Waals surface area contributed by atoms with Crippen LogP contribution in [0.1, 0.15) is 34.6 Å². The lowest BCUT2D eigenvalue weighted by Gasteiger charge is -2.34. The van der Waals surface area contributed by atoms with Crippen LogP contribution in [-0.4, -0.2) is 49.7 Å². The predicted molar refractivity (Wildman–Crippen MR) is 114 cm³/mol. The van der Waals surface area contributed by atoms with Crippen molar-refractivity contribution in [3.05, 3.63) is 64.7 Å². The Labute approximate surface area is 202 Å². The highest BCUT2D eigenvalue weighted by atomic mass is 32.2. The number of benzene rings is 2. The highest BCUT2D eigenvalue weighted by Gasteiger charge is 2.47. The molecule has 1 saturated heterocycles. The number of amides is 1. The van der Waals surface area contributed by atoms with E-state index in [4.69, 9.17) is 5.26 Å². The Hall–Kier alpha value is -3.11. The van der Waals surface area contributed by atoms with Gasteiger partial charge in [-0.05, 0) is 48.2 Å². The van der Waals surface area contributed by atoms with E-state index in [0.717, 1.165) is 22.5 Å². The van der Waals surface area contributed by atoms with Gasteiger partial charge in [-0.3, -0.25) is 4.79 Å². The quantitative estimate of drug-likeness (QED) is 0.553. The first kappa shape index (κ1) is 26.0.